The molecule has 2 rings (SSSR count). The quantitative estimate of drug-likeness (QED) is 0.682. The van der Waals surface area contributed by atoms with Gasteiger partial charge in [-0.05, 0) is 38.7 Å². The van der Waals surface area contributed by atoms with Crippen LogP contribution in [0.4, 0.5) is 0 Å². The van der Waals surface area contributed by atoms with E-state index < -0.39 is 11.9 Å². The number of primary amides is 1. The van der Waals surface area contributed by atoms with E-state index in [0.717, 1.165) is 0 Å². The lowest BCUT2D eigenvalue weighted by molar-refractivity contribution is -0.139. The van der Waals surface area contributed by atoms with E-state index in [1.54, 1.807) is 43.3 Å². The third-order valence-electron chi connectivity index (χ3n) is 4.10. The van der Waals surface area contributed by atoms with Crippen LogP contribution in [0.1, 0.15) is 47.2 Å². The first-order valence-corrected chi connectivity index (χ1v) is 9.11. The Labute approximate surface area is 166 Å². The first-order valence-electron chi connectivity index (χ1n) is 9.11. The van der Waals surface area contributed by atoms with Crippen molar-refractivity contribution < 1.29 is 19.5 Å². The zero-order chi connectivity index (χ0) is 21.1. The van der Waals surface area contributed by atoms with Crippen molar-refractivity contribution in [2.75, 3.05) is 20.6 Å². The van der Waals surface area contributed by atoms with E-state index in [1.165, 1.54) is 0 Å². The van der Waals surface area contributed by atoms with Gasteiger partial charge >= 0.3 is 5.97 Å². The molecule has 150 valence electrons. The molecule has 1 atom stereocenters. The lowest BCUT2D eigenvalue weighted by atomic mass is 9.92. The van der Waals surface area contributed by atoms with Gasteiger partial charge in [0.15, 0.2) is 5.78 Å². The molecule has 2 aromatic rings. The number of ketones is 1. The molecule has 2 aromatic carbocycles. The highest BCUT2D eigenvalue weighted by molar-refractivity contribution is 6.09. The fourth-order valence-electron chi connectivity index (χ4n) is 2.47. The molecule has 6 nitrogen and oxygen atoms in total. The van der Waals surface area contributed by atoms with Crippen molar-refractivity contribution in [3.8, 4) is 0 Å². The van der Waals surface area contributed by atoms with Gasteiger partial charge in [0, 0.05) is 17.5 Å². The van der Waals surface area contributed by atoms with Crippen molar-refractivity contribution >= 4 is 17.7 Å². The molecule has 28 heavy (non-hydrogen) atoms. The fraction of sp³-hybridized carbons (Fsp3) is 0.318. The molecule has 1 unspecified atom stereocenters. The topological polar surface area (TPSA) is 101 Å². The molecule has 0 aliphatic heterocycles. The Morgan fingerprint density at radius 1 is 1.00 bits per heavy atom. The first-order chi connectivity index (χ1) is 13.3. The number of carboxylic acids is 1. The van der Waals surface area contributed by atoms with E-state index in [4.69, 9.17) is 0 Å². The number of benzene rings is 2. The maximum Gasteiger partial charge on any atom is 0.311 e. The Balaban J connectivity index is 0.000000696. The third-order valence-corrected chi connectivity index (χ3v) is 4.10. The van der Waals surface area contributed by atoms with E-state index in [9.17, 15) is 19.5 Å². The van der Waals surface area contributed by atoms with E-state index in [1.807, 2.05) is 37.2 Å². The Morgan fingerprint density at radius 3 is 2.07 bits per heavy atom. The minimum absolute atomic E-state index is 0.0933. The molecule has 0 heterocycles. The SMILES string of the molecule is CCC(N)=O.CN(C)CCC(C(=O)O)c1cccc(C(=O)c2ccccc2)c1. The summed E-state index contributed by atoms with van der Waals surface area (Å²) in [4.78, 5) is 35.6. The molecule has 3 N–H and O–H groups in total. The molecule has 0 aliphatic carbocycles. The van der Waals surface area contributed by atoms with Gasteiger partial charge in [0.25, 0.3) is 0 Å². The average molecular weight is 384 g/mol. The number of carbonyl (C=O) groups excluding carboxylic acids is 2. The van der Waals surface area contributed by atoms with Crippen LogP contribution in [0.15, 0.2) is 54.6 Å². The highest BCUT2D eigenvalue weighted by atomic mass is 16.4. The van der Waals surface area contributed by atoms with Crippen LogP contribution in [0.2, 0.25) is 0 Å². The Morgan fingerprint density at radius 2 is 1.57 bits per heavy atom. The number of aliphatic carboxylic acids is 1. The van der Waals surface area contributed by atoms with Crippen molar-refractivity contribution in [1.82, 2.24) is 4.90 Å². The molecule has 0 aliphatic rings. The number of carboxylic acid groups (broad SMARTS) is 1. The van der Waals surface area contributed by atoms with Crippen LogP contribution in [0.25, 0.3) is 0 Å². The number of amides is 1. The summed E-state index contributed by atoms with van der Waals surface area (Å²) in [6.45, 7) is 2.40. The standard InChI is InChI=1S/C19H21NO3.C3H7NO/c1-20(2)12-11-17(19(22)23)15-9-6-10-16(13-15)18(21)14-7-4-3-5-8-14;1-2-3(4)5/h3-10,13,17H,11-12H2,1-2H3,(H,22,23);2H2,1H3,(H2,4,5). The second-order valence-electron chi connectivity index (χ2n) is 6.62. The lowest BCUT2D eigenvalue weighted by Crippen LogP contribution is -2.20. The predicted molar refractivity (Wildman–Crippen MR) is 109 cm³/mol. The molecule has 0 saturated heterocycles. The van der Waals surface area contributed by atoms with Crippen molar-refractivity contribution in [3.05, 3.63) is 71.3 Å². The van der Waals surface area contributed by atoms with Gasteiger partial charge in [-0.3, -0.25) is 14.4 Å². The minimum atomic E-state index is -0.865. The predicted octanol–water partition coefficient (Wildman–Crippen LogP) is 2.92. The van der Waals surface area contributed by atoms with E-state index in [2.05, 4.69) is 5.73 Å². The molecular weight excluding hydrogens is 356 g/mol. The van der Waals surface area contributed by atoms with E-state index in [-0.39, 0.29) is 11.7 Å². The van der Waals surface area contributed by atoms with Crippen LogP contribution in [-0.4, -0.2) is 48.3 Å². The van der Waals surface area contributed by atoms with Gasteiger partial charge in [0.2, 0.25) is 5.91 Å². The number of carbonyl (C=O) groups is 3. The maximum atomic E-state index is 12.5. The summed E-state index contributed by atoms with van der Waals surface area (Å²) in [5, 5.41) is 9.48. The summed E-state index contributed by atoms with van der Waals surface area (Å²) >= 11 is 0. The number of nitrogens with zero attached hydrogens (tertiary/aromatic N) is 1. The lowest BCUT2D eigenvalue weighted by Gasteiger charge is -2.16. The molecule has 6 heteroatoms. The second kappa shape index (κ2) is 11.7. The van der Waals surface area contributed by atoms with Crippen LogP contribution < -0.4 is 5.73 Å². The van der Waals surface area contributed by atoms with Crippen molar-refractivity contribution in [3.63, 3.8) is 0 Å². The second-order valence-corrected chi connectivity index (χ2v) is 6.62. The molecule has 0 bridgehead atoms. The van der Waals surface area contributed by atoms with Crippen LogP contribution in [0.3, 0.4) is 0 Å². The molecule has 0 radical (unpaired) electrons. The van der Waals surface area contributed by atoms with E-state index >= 15 is 0 Å². The normalized spacial score (nSPS) is 11.3. The molecule has 0 aromatic heterocycles. The first kappa shape index (κ1) is 23.0. The van der Waals surface area contributed by atoms with E-state index in [0.29, 0.717) is 36.1 Å². The molecule has 1 amide bonds. The third kappa shape index (κ3) is 7.72. The van der Waals surface area contributed by atoms with Gasteiger partial charge in [-0.25, -0.2) is 0 Å². The molecular formula is C22H28N2O4. The van der Waals surface area contributed by atoms with Crippen LogP contribution in [0.5, 0.6) is 0 Å². The largest absolute Gasteiger partial charge is 0.481 e. The van der Waals surface area contributed by atoms with Crippen LogP contribution >= 0.6 is 0 Å². The van der Waals surface area contributed by atoms with Gasteiger partial charge in [0.05, 0.1) is 5.92 Å². The fourth-order valence-corrected chi connectivity index (χ4v) is 2.47. The number of rotatable bonds is 8. The molecule has 0 saturated carbocycles. The van der Waals surface area contributed by atoms with Gasteiger partial charge in [-0.2, -0.15) is 0 Å². The number of hydrogen-bond donors (Lipinski definition) is 2. The number of nitrogens with two attached hydrogens (primary N) is 1. The maximum absolute atomic E-state index is 12.5. The van der Waals surface area contributed by atoms with Crippen LogP contribution in [-0.2, 0) is 9.59 Å². The Kier molecular flexibility index (Phi) is 9.60. The molecule has 0 spiro atoms. The minimum Gasteiger partial charge on any atom is -0.481 e. The summed E-state index contributed by atoms with van der Waals surface area (Å²) in [5.41, 5.74) is 6.44. The zero-order valence-electron chi connectivity index (χ0n) is 16.6. The number of hydrogen-bond acceptors (Lipinski definition) is 4. The highest BCUT2D eigenvalue weighted by Crippen LogP contribution is 2.22. The van der Waals surface area contributed by atoms with Gasteiger partial charge in [-0.1, -0.05) is 55.5 Å². The molecule has 0 fully saturated rings. The van der Waals surface area contributed by atoms with Crippen molar-refractivity contribution in [1.29, 1.82) is 0 Å². The Hall–Kier alpha value is -2.99. The average Bonchev–Trinajstić information content (AvgIpc) is 2.68. The Bertz CT molecular complexity index is 788. The van der Waals surface area contributed by atoms with Gasteiger partial charge in [-0.15, -0.1) is 0 Å². The smallest absolute Gasteiger partial charge is 0.311 e. The van der Waals surface area contributed by atoms with Gasteiger partial charge in [0.1, 0.15) is 0 Å². The monoisotopic (exact) mass is 384 g/mol. The van der Waals surface area contributed by atoms with Crippen molar-refractivity contribution in [2.24, 2.45) is 5.73 Å². The summed E-state index contributed by atoms with van der Waals surface area (Å²) in [7, 11) is 3.82. The van der Waals surface area contributed by atoms with Gasteiger partial charge < -0.3 is 15.7 Å². The summed E-state index contributed by atoms with van der Waals surface area (Å²) < 4.78 is 0. The summed E-state index contributed by atoms with van der Waals surface area (Å²) in [6.07, 6.45) is 0.950. The highest BCUT2D eigenvalue weighted by Gasteiger charge is 2.21. The van der Waals surface area contributed by atoms with Crippen molar-refractivity contribution in [2.45, 2.75) is 25.7 Å². The summed E-state index contributed by atoms with van der Waals surface area (Å²) in [6, 6.07) is 15.9. The summed E-state index contributed by atoms with van der Waals surface area (Å²) in [5.74, 6) is -1.81. The zero-order valence-corrected chi connectivity index (χ0v) is 16.6. The van der Waals surface area contributed by atoms with Crippen LogP contribution in [0, 0.1) is 0 Å².